The molecule has 10 aromatic rings. The summed E-state index contributed by atoms with van der Waals surface area (Å²) in [5.41, 5.74) is 13.0. The van der Waals surface area contributed by atoms with Gasteiger partial charge in [-0.3, -0.25) is 0 Å². The van der Waals surface area contributed by atoms with Crippen molar-refractivity contribution in [3.8, 4) is 22.5 Å². The van der Waals surface area contributed by atoms with Crippen molar-refractivity contribution in [2.24, 2.45) is 0 Å². The first-order valence-electron chi connectivity index (χ1n) is 16.7. The number of hydrogen-bond acceptors (Lipinski definition) is 0. The van der Waals surface area contributed by atoms with Gasteiger partial charge in [-0.25, -0.2) is 0 Å². The van der Waals surface area contributed by atoms with Gasteiger partial charge in [0.15, 0.2) is 0 Å². The van der Waals surface area contributed by atoms with Crippen molar-refractivity contribution in [1.82, 2.24) is 9.13 Å². The van der Waals surface area contributed by atoms with Crippen LogP contribution in [0.4, 0.5) is 0 Å². The molecule has 0 bridgehead atoms. The summed E-state index contributed by atoms with van der Waals surface area (Å²) < 4.78 is 8.02. The van der Waals surface area contributed by atoms with Crippen LogP contribution in [0.3, 0.4) is 0 Å². The Balaban J connectivity index is 1.28. The Bertz CT molecular complexity index is 2980. The van der Waals surface area contributed by atoms with Crippen LogP contribution in [0.1, 0.15) is 25.0 Å². The molecular formula is C45H30N2Se. The first-order chi connectivity index (χ1) is 23.6. The molecule has 0 spiro atoms. The Morgan fingerprint density at radius 3 is 2.04 bits per heavy atom. The molecule has 11 rings (SSSR count). The summed E-state index contributed by atoms with van der Waals surface area (Å²) in [6.07, 6.45) is 0. The molecule has 1 aliphatic rings. The number of aromatic nitrogens is 2. The molecule has 3 aromatic heterocycles. The van der Waals surface area contributed by atoms with Gasteiger partial charge in [0, 0.05) is 0 Å². The zero-order valence-electron chi connectivity index (χ0n) is 26.7. The van der Waals surface area contributed by atoms with Crippen molar-refractivity contribution in [3.05, 3.63) is 157 Å². The Labute approximate surface area is 283 Å². The molecule has 1 aliphatic carbocycles. The summed E-state index contributed by atoms with van der Waals surface area (Å²) in [6.45, 7) is 4.74. The second-order valence-corrected chi connectivity index (χ2v) is 15.9. The Morgan fingerprint density at radius 2 is 1.17 bits per heavy atom. The third kappa shape index (κ3) is 3.33. The number of fused-ring (bicyclic) bond motifs is 13. The molecule has 48 heavy (non-hydrogen) atoms. The molecule has 0 N–H and O–H groups in total. The van der Waals surface area contributed by atoms with Crippen LogP contribution in [0.25, 0.3) is 85.4 Å². The zero-order chi connectivity index (χ0) is 31.7. The number of benzene rings is 7. The van der Waals surface area contributed by atoms with Crippen LogP contribution in [-0.2, 0) is 5.41 Å². The van der Waals surface area contributed by atoms with E-state index in [2.05, 4.69) is 169 Å². The third-order valence-electron chi connectivity index (χ3n) is 10.9. The minimum atomic E-state index is -0.0704. The molecule has 0 atom stereocenters. The maximum atomic E-state index is 2.54. The van der Waals surface area contributed by atoms with Crippen molar-refractivity contribution >= 4 is 77.4 Å². The molecular weight excluding hydrogens is 647 g/mol. The summed E-state index contributed by atoms with van der Waals surface area (Å²) in [5.74, 6) is 0. The molecule has 3 heteroatoms. The van der Waals surface area contributed by atoms with Gasteiger partial charge in [0.05, 0.1) is 0 Å². The fourth-order valence-electron chi connectivity index (χ4n) is 8.78. The summed E-state index contributed by atoms with van der Waals surface area (Å²) in [4.78, 5) is 0. The molecule has 2 nitrogen and oxygen atoms in total. The van der Waals surface area contributed by atoms with Gasteiger partial charge in [0.25, 0.3) is 0 Å². The third-order valence-corrected chi connectivity index (χ3v) is 13.5. The Hall–Kier alpha value is -5.34. The predicted molar refractivity (Wildman–Crippen MR) is 205 cm³/mol. The summed E-state index contributed by atoms with van der Waals surface area (Å²) in [7, 11) is 0. The second kappa shape index (κ2) is 9.39. The monoisotopic (exact) mass is 678 g/mol. The first kappa shape index (κ1) is 26.7. The summed E-state index contributed by atoms with van der Waals surface area (Å²) >= 11 is 0.244. The van der Waals surface area contributed by atoms with E-state index in [4.69, 9.17) is 0 Å². The summed E-state index contributed by atoms with van der Waals surface area (Å²) in [6, 6.07) is 54.6. The van der Waals surface area contributed by atoms with Gasteiger partial charge >= 0.3 is 261 Å². The fourth-order valence-corrected chi connectivity index (χ4v) is 11.3. The van der Waals surface area contributed by atoms with Gasteiger partial charge in [-0.05, 0) is 0 Å². The van der Waals surface area contributed by atoms with Crippen molar-refractivity contribution in [1.29, 1.82) is 0 Å². The molecule has 226 valence electrons. The number of para-hydroxylation sites is 2. The Morgan fingerprint density at radius 1 is 0.479 bits per heavy atom. The zero-order valence-corrected chi connectivity index (χ0v) is 28.4. The molecule has 0 fully saturated rings. The van der Waals surface area contributed by atoms with Crippen LogP contribution in [0.5, 0.6) is 0 Å². The molecule has 0 unspecified atom stereocenters. The number of nitrogens with zero attached hydrogens (tertiary/aromatic N) is 2. The van der Waals surface area contributed by atoms with Crippen LogP contribution in [0.15, 0.2) is 146 Å². The van der Waals surface area contributed by atoms with Gasteiger partial charge in [-0.2, -0.15) is 0 Å². The van der Waals surface area contributed by atoms with E-state index in [-0.39, 0.29) is 19.9 Å². The van der Waals surface area contributed by atoms with E-state index in [9.17, 15) is 0 Å². The van der Waals surface area contributed by atoms with E-state index in [1.807, 2.05) is 0 Å². The second-order valence-electron chi connectivity index (χ2n) is 13.7. The predicted octanol–water partition coefficient (Wildman–Crippen LogP) is 11.6. The van der Waals surface area contributed by atoms with E-state index in [1.54, 1.807) is 0 Å². The van der Waals surface area contributed by atoms with Crippen molar-refractivity contribution in [3.63, 3.8) is 0 Å². The molecule has 0 saturated carbocycles. The number of hydrogen-bond donors (Lipinski definition) is 0. The molecule has 7 aromatic carbocycles. The van der Waals surface area contributed by atoms with E-state index in [0.717, 1.165) is 0 Å². The van der Waals surface area contributed by atoms with Crippen molar-refractivity contribution in [2.45, 2.75) is 19.3 Å². The van der Waals surface area contributed by atoms with E-state index >= 15 is 0 Å². The van der Waals surface area contributed by atoms with E-state index in [0.29, 0.717) is 0 Å². The van der Waals surface area contributed by atoms with Crippen molar-refractivity contribution < 1.29 is 0 Å². The molecule has 0 radical (unpaired) electrons. The van der Waals surface area contributed by atoms with Gasteiger partial charge < -0.3 is 0 Å². The molecule has 0 amide bonds. The van der Waals surface area contributed by atoms with Gasteiger partial charge in [-0.1, -0.05) is 24.3 Å². The first-order valence-corrected chi connectivity index (χ1v) is 18.4. The SMILES string of the molecule is CC1(C)c2ccccc2-c2ccc(-n3c4ccccc4c4ccc5c(c6ccccc6n5-c5cccc6c5[se]c5ccccc56)c43)cc21. The topological polar surface area (TPSA) is 9.86 Å². The molecule has 0 saturated heterocycles. The normalized spacial score (nSPS) is 13.8. The van der Waals surface area contributed by atoms with Gasteiger partial charge in [0.1, 0.15) is 0 Å². The van der Waals surface area contributed by atoms with Crippen LogP contribution in [0, 0.1) is 0 Å². The standard InChI is InChI=1S/C45H30N2Se/c1-45(2)35-17-7-3-12-28(35)29-23-22-27(26-36(29)45)46-37-18-8-4-13-30(37)32-24-25-39-42(43(32)46)34-15-5-9-19-38(34)47(39)40-20-11-16-33-31-14-6-10-21-41(31)48-44(33)40/h3-26H,1-2H3. The van der Waals surface area contributed by atoms with Crippen LogP contribution < -0.4 is 0 Å². The number of rotatable bonds is 2. The fraction of sp³-hybridized carbons (Fsp3) is 0.0667. The average Bonchev–Trinajstić information content (AvgIpc) is 3.84. The summed E-state index contributed by atoms with van der Waals surface area (Å²) in [5, 5.41) is 7.94. The van der Waals surface area contributed by atoms with E-state index < -0.39 is 0 Å². The minimum absolute atomic E-state index is 0.0704. The molecule has 0 aliphatic heterocycles. The Kier molecular flexibility index (Phi) is 5.22. The van der Waals surface area contributed by atoms with Gasteiger partial charge in [-0.15, -0.1) is 0 Å². The van der Waals surface area contributed by atoms with Crippen LogP contribution >= 0.6 is 0 Å². The van der Waals surface area contributed by atoms with Crippen molar-refractivity contribution in [2.75, 3.05) is 0 Å². The van der Waals surface area contributed by atoms with Crippen LogP contribution in [-0.4, -0.2) is 23.6 Å². The maximum absolute atomic E-state index is 2.54. The molecule has 3 heterocycles. The van der Waals surface area contributed by atoms with Gasteiger partial charge in [0.2, 0.25) is 0 Å². The quantitative estimate of drug-likeness (QED) is 0.161. The van der Waals surface area contributed by atoms with E-state index in [1.165, 1.54) is 96.5 Å². The van der Waals surface area contributed by atoms with Crippen LogP contribution in [0.2, 0.25) is 0 Å². The average molecular weight is 678 g/mol.